The van der Waals surface area contributed by atoms with Crippen LogP contribution in [0.25, 0.3) is 43.8 Å². The monoisotopic (exact) mass is 1090 g/mol. The third-order valence-electron chi connectivity index (χ3n) is 12.4. The van der Waals surface area contributed by atoms with E-state index >= 15 is 0 Å². The minimum absolute atomic E-state index is 0. The predicted octanol–water partition coefficient (Wildman–Crippen LogP) is 18.9. The fraction of sp³-hybridized carbons (Fsp3) is 0.385. The molecule has 0 aliphatic heterocycles. The molecule has 0 nitrogen and oxygen atoms in total. The number of hydrogen-bond acceptors (Lipinski definition) is 0. The Hall–Kier alpha value is -3.06. The molecule has 372 valence electrons. The fourth-order valence-corrected chi connectivity index (χ4v) is 9.36. The van der Waals surface area contributed by atoms with Gasteiger partial charge < -0.3 is 14.9 Å². The Kier molecular flexibility index (Phi) is 23.2. The van der Waals surface area contributed by atoms with Crippen LogP contribution in [0.2, 0.25) is 0 Å². The molecule has 0 aromatic heterocycles. The molecule has 0 heterocycles. The second-order valence-corrected chi connectivity index (χ2v) is 17.1. The van der Waals surface area contributed by atoms with E-state index in [-0.39, 0.29) is 62.9 Å². The summed E-state index contributed by atoms with van der Waals surface area (Å²) in [6.45, 7) is 3.06. The van der Waals surface area contributed by atoms with Gasteiger partial charge in [0, 0.05) is 0 Å². The summed E-state index contributed by atoms with van der Waals surface area (Å²) < 4.78 is 160. The molecule has 16 heteroatoms. The quantitative estimate of drug-likeness (QED) is 0.0675. The zero-order chi connectivity index (χ0) is 46.5. The molecule has 0 spiro atoms. The molecule has 6 aromatic rings. The van der Waals surface area contributed by atoms with Crippen molar-refractivity contribution >= 4 is 53.2 Å². The van der Waals surface area contributed by atoms with E-state index in [1.165, 1.54) is 74.7 Å². The summed E-state index contributed by atoms with van der Waals surface area (Å²) in [4.78, 5) is 0. The number of fused-ring (bicyclic) bond motifs is 2. The first-order chi connectivity index (χ1) is 30.2. The molecule has 8 rings (SSSR count). The zero-order valence-corrected chi connectivity index (χ0v) is 42.7. The van der Waals surface area contributed by atoms with Crippen LogP contribution in [0, 0.1) is 26.7 Å². The normalized spacial score (nSPS) is 15.2. The van der Waals surface area contributed by atoms with Crippen LogP contribution >= 0.6 is 24.8 Å². The molecule has 0 N–H and O–H groups in total. The Morgan fingerprint density at radius 2 is 0.706 bits per heavy atom. The Balaban J connectivity index is 0.000000426. The van der Waals surface area contributed by atoms with Crippen LogP contribution in [0.1, 0.15) is 110 Å². The van der Waals surface area contributed by atoms with E-state index in [4.69, 9.17) is 0 Å². The molecule has 0 unspecified atom stereocenters. The van der Waals surface area contributed by atoms with Crippen molar-refractivity contribution in [3.05, 3.63) is 145 Å². The number of alkyl halides is 12. The molecule has 0 atom stereocenters. The predicted molar refractivity (Wildman–Crippen MR) is 253 cm³/mol. The molecule has 2 fully saturated rings. The first kappa shape index (κ1) is 61.1. The van der Waals surface area contributed by atoms with Crippen molar-refractivity contribution in [1.29, 1.82) is 0 Å². The summed E-state index contributed by atoms with van der Waals surface area (Å²) in [6, 6.07) is 21.7. The van der Waals surface area contributed by atoms with Gasteiger partial charge in [-0.05, 0) is 72.2 Å². The molecule has 0 saturated heterocycles. The van der Waals surface area contributed by atoms with Crippen LogP contribution in [0.4, 0.5) is 52.7 Å². The van der Waals surface area contributed by atoms with Gasteiger partial charge in [-0.2, -0.15) is 64.8 Å². The first-order valence-electron chi connectivity index (χ1n) is 21.4. The van der Waals surface area contributed by atoms with Gasteiger partial charge in [0.25, 0.3) is 0 Å². The topological polar surface area (TPSA) is 0 Å². The average Bonchev–Trinajstić information content (AvgIpc) is 3.62. The molecular weight excluding hydrogens is 1040 g/mol. The summed E-state index contributed by atoms with van der Waals surface area (Å²) in [5.41, 5.74) is -2.34. The molecule has 2 radical (unpaired) electrons. The van der Waals surface area contributed by atoms with E-state index in [9.17, 15) is 52.7 Å². The van der Waals surface area contributed by atoms with Crippen molar-refractivity contribution in [2.24, 2.45) is 11.8 Å². The van der Waals surface area contributed by atoms with E-state index in [2.05, 4.69) is 6.88 Å². The SMILES string of the molecule is Cl.Cl.FC(F)(F)c1cc(-c2cccc3[cH-]c(CC4CCCCCC4)cc23)cc(C(F)(F)F)c1.FC(F)(F)c1cc(-c2cccc3[cH-]c(CC4CCCCCC4)cc23)cc(C(F)(F)F)c1.[CH3-].[CH3-].[Si]=[Zr]. The van der Waals surface area contributed by atoms with Crippen molar-refractivity contribution in [3.8, 4) is 22.3 Å². The number of rotatable bonds is 6. The van der Waals surface area contributed by atoms with E-state index in [0.29, 0.717) is 33.7 Å². The average molecular weight is 1100 g/mol. The number of hydrogen-bond donors (Lipinski definition) is 0. The molecule has 6 aromatic carbocycles. The molecule has 68 heavy (non-hydrogen) atoms. The Labute approximate surface area is 420 Å². The minimum atomic E-state index is -4.86. The molecular formula is C52H54Cl2F12SiZr-4. The Morgan fingerprint density at radius 1 is 0.426 bits per heavy atom. The summed E-state index contributed by atoms with van der Waals surface area (Å²) in [5.74, 6) is 1.15. The Bertz CT molecular complexity index is 2250. The van der Waals surface area contributed by atoms with Crippen molar-refractivity contribution < 1.29 is 76.0 Å². The van der Waals surface area contributed by atoms with Gasteiger partial charge >= 0.3 is 54.9 Å². The third kappa shape index (κ3) is 16.0. The second kappa shape index (κ2) is 25.9. The zero-order valence-electron chi connectivity index (χ0n) is 37.6. The molecule has 0 bridgehead atoms. The van der Waals surface area contributed by atoms with E-state index in [1.54, 1.807) is 24.3 Å². The van der Waals surface area contributed by atoms with E-state index in [0.717, 1.165) is 84.7 Å². The molecule has 2 aliphatic carbocycles. The van der Waals surface area contributed by atoms with Crippen molar-refractivity contribution in [1.82, 2.24) is 0 Å². The van der Waals surface area contributed by atoms with Crippen molar-refractivity contribution in [3.63, 3.8) is 0 Å². The summed E-state index contributed by atoms with van der Waals surface area (Å²) in [7, 11) is 0. The summed E-state index contributed by atoms with van der Waals surface area (Å²) in [6.07, 6.45) is -3.16. The van der Waals surface area contributed by atoms with Gasteiger partial charge in [-0.1, -0.05) is 100 Å². The molecule has 2 aliphatic rings. The van der Waals surface area contributed by atoms with Gasteiger partial charge in [0.1, 0.15) is 0 Å². The van der Waals surface area contributed by atoms with Crippen LogP contribution in [0.3, 0.4) is 0 Å². The van der Waals surface area contributed by atoms with Gasteiger partial charge in [-0.25, -0.2) is 0 Å². The van der Waals surface area contributed by atoms with Crippen LogP contribution in [0.15, 0.2) is 97.1 Å². The van der Waals surface area contributed by atoms with Gasteiger partial charge in [0.2, 0.25) is 0 Å². The van der Waals surface area contributed by atoms with Gasteiger partial charge in [0.05, 0.1) is 22.3 Å². The van der Waals surface area contributed by atoms with Gasteiger partial charge in [0.15, 0.2) is 0 Å². The number of halogens is 14. The molecule has 2 saturated carbocycles. The summed E-state index contributed by atoms with van der Waals surface area (Å²) >= 11 is 1.36. The van der Waals surface area contributed by atoms with Crippen LogP contribution in [-0.2, 0) is 60.9 Å². The Morgan fingerprint density at radius 3 is 0.971 bits per heavy atom. The fourth-order valence-electron chi connectivity index (χ4n) is 9.36. The molecule has 0 amide bonds. The summed E-state index contributed by atoms with van der Waals surface area (Å²) in [5, 5.41) is 3.07. The van der Waals surface area contributed by atoms with Gasteiger partial charge in [-0.15, -0.1) is 93.9 Å². The maximum absolute atomic E-state index is 13.3. The van der Waals surface area contributed by atoms with Crippen LogP contribution in [-0.4, -0.2) is 6.88 Å². The number of benzene rings is 4. The second-order valence-electron chi connectivity index (χ2n) is 17.1. The van der Waals surface area contributed by atoms with Crippen LogP contribution < -0.4 is 0 Å². The standard InChI is InChI=1S/2C25H23F6.2CH3.2ClH.Si.Zr/c2*26-24(27,28)20-13-19(14-21(15-20)25(29,30)31)22-9-5-8-18-11-17(12-23(18)22)10-16-6-3-1-2-4-7-16;;;;;;/h2*5,8-9,11-16H,1-4,6-7,10H2;2*1H3;2*1H;;/q4*-1;;;;. The van der Waals surface area contributed by atoms with Gasteiger partial charge in [-0.3, -0.25) is 0 Å². The van der Waals surface area contributed by atoms with Crippen molar-refractivity contribution in [2.75, 3.05) is 0 Å². The maximum atomic E-state index is 13.3. The van der Waals surface area contributed by atoms with Crippen molar-refractivity contribution in [2.45, 2.75) is 115 Å². The first-order valence-corrected chi connectivity index (χ1v) is 25.6. The van der Waals surface area contributed by atoms with Crippen LogP contribution in [0.5, 0.6) is 0 Å². The van der Waals surface area contributed by atoms with E-state index in [1.807, 2.05) is 36.4 Å². The third-order valence-corrected chi connectivity index (χ3v) is 12.4. The van der Waals surface area contributed by atoms with E-state index < -0.39 is 47.0 Å².